The topological polar surface area (TPSA) is 93.7 Å². The van der Waals surface area contributed by atoms with E-state index in [2.05, 4.69) is 4.98 Å². The number of benzene rings is 3. The van der Waals surface area contributed by atoms with Crippen molar-refractivity contribution in [2.24, 2.45) is 0 Å². The summed E-state index contributed by atoms with van der Waals surface area (Å²) < 4.78 is 13.7. The maximum absolute atomic E-state index is 13.8. The molecule has 6 rings (SSSR count). The number of carboxylic acids is 1. The van der Waals surface area contributed by atoms with Crippen LogP contribution in [0.2, 0.25) is 0 Å². The van der Waals surface area contributed by atoms with Crippen LogP contribution in [0, 0.1) is 5.82 Å². The minimum atomic E-state index is -1.23. The lowest BCUT2D eigenvalue weighted by atomic mass is 9.89. The third-order valence-electron chi connectivity index (χ3n) is 6.61. The number of carboxylic acid groups (broad SMARTS) is 1. The third-order valence-corrected chi connectivity index (χ3v) is 6.61. The molecule has 168 valence electrons. The van der Waals surface area contributed by atoms with Crippen molar-refractivity contribution >= 4 is 34.5 Å². The zero-order valence-electron chi connectivity index (χ0n) is 17.7. The molecule has 34 heavy (non-hydrogen) atoms. The van der Waals surface area contributed by atoms with Gasteiger partial charge < -0.3 is 10.1 Å². The number of rotatable bonds is 3. The van der Waals surface area contributed by atoms with Crippen LogP contribution in [0.15, 0.2) is 72.8 Å². The lowest BCUT2D eigenvalue weighted by Gasteiger charge is -2.36. The number of aromatic nitrogens is 1. The SMILES string of the molecule is O=C(O)c1ccccc1N1C(=O)[C@@H]2Cc3c([nH]c4ccccc34)[C@@H](c3ccc(F)cc3)N2C1=O. The molecule has 1 fully saturated rings. The second-order valence-corrected chi connectivity index (χ2v) is 8.42. The number of urea groups is 1. The summed E-state index contributed by atoms with van der Waals surface area (Å²) in [5.41, 5.74) is 3.11. The first-order chi connectivity index (χ1) is 16.5. The zero-order valence-corrected chi connectivity index (χ0v) is 17.7. The van der Waals surface area contributed by atoms with Gasteiger partial charge in [-0.3, -0.25) is 9.69 Å². The van der Waals surface area contributed by atoms with E-state index in [0.717, 1.165) is 27.1 Å². The van der Waals surface area contributed by atoms with E-state index in [1.807, 2.05) is 24.3 Å². The fourth-order valence-corrected chi connectivity index (χ4v) is 5.14. The van der Waals surface area contributed by atoms with Gasteiger partial charge in [-0.05, 0) is 41.5 Å². The van der Waals surface area contributed by atoms with Crippen LogP contribution in [0.5, 0.6) is 0 Å². The maximum Gasteiger partial charge on any atom is 0.337 e. The van der Waals surface area contributed by atoms with E-state index >= 15 is 0 Å². The Labute approximate surface area is 193 Å². The molecule has 3 heterocycles. The van der Waals surface area contributed by atoms with Crippen LogP contribution < -0.4 is 4.90 Å². The number of para-hydroxylation sites is 2. The number of imide groups is 1. The Morgan fingerprint density at radius 2 is 1.68 bits per heavy atom. The number of halogens is 1. The number of nitrogens with zero attached hydrogens (tertiary/aromatic N) is 2. The van der Waals surface area contributed by atoms with Crippen molar-refractivity contribution in [1.29, 1.82) is 0 Å². The van der Waals surface area contributed by atoms with Gasteiger partial charge in [0.15, 0.2) is 0 Å². The molecule has 0 spiro atoms. The monoisotopic (exact) mass is 455 g/mol. The van der Waals surface area contributed by atoms with Crippen LogP contribution in [0.25, 0.3) is 10.9 Å². The minimum absolute atomic E-state index is 0.0331. The van der Waals surface area contributed by atoms with Gasteiger partial charge in [0, 0.05) is 23.0 Å². The molecule has 1 aromatic heterocycles. The highest BCUT2D eigenvalue weighted by Crippen LogP contribution is 2.45. The molecule has 8 heteroatoms. The number of anilines is 1. The summed E-state index contributed by atoms with van der Waals surface area (Å²) in [6, 6.07) is 17.4. The molecule has 0 radical (unpaired) electrons. The lowest BCUT2D eigenvalue weighted by molar-refractivity contribution is -0.120. The van der Waals surface area contributed by atoms with Gasteiger partial charge in [-0.15, -0.1) is 0 Å². The van der Waals surface area contributed by atoms with Crippen molar-refractivity contribution in [2.75, 3.05) is 4.90 Å². The van der Waals surface area contributed by atoms with Crippen LogP contribution in [-0.2, 0) is 11.2 Å². The standard InChI is InChI=1S/C26H18FN3O4/c27-15-11-9-14(10-12-15)23-22-18(16-5-1-3-7-19(16)28-22)13-21-24(31)30(26(34)29(21)23)20-8-4-2-6-17(20)25(32)33/h1-12,21,23,28H,13H2,(H,32,33)/t21-,23+/m0/s1. The van der Waals surface area contributed by atoms with Gasteiger partial charge >= 0.3 is 12.0 Å². The molecule has 2 N–H and O–H groups in total. The van der Waals surface area contributed by atoms with E-state index in [9.17, 15) is 23.9 Å². The molecule has 0 bridgehead atoms. The molecule has 0 aliphatic carbocycles. The Morgan fingerprint density at radius 1 is 0.971 bits per heavy atom. The molecular weight excluding hydrogens is 437 g/mol. The number of aromatic carboxylic acids is 1. The predicted octanol–water partition coefficient (Wildman–Crippen LogP) is 4.49. The second-order valence-electron chi connectivity index (χ2n) is 8.42. The Bertz CT molecular complexity index is 1490. The number of amides is 3. The molecule has 3 aromatic carbocycles. The van der Waals surface area contributed by atoms with Crippen molar-refractivity contribution in [3.8, 4) is 0 Å². The van der Waals surface area contributed by atoms with Gasteiger partial charge in [-0.1, -0.05) is 42.5 Å². The number of H-pyrrole nitrogens is 1. The molecule has 1 saturated heterocycles. The highest BCUT2D eigenvalue weighted by atomic mass is 19.1. The second kappa shape index (κ2) is 7.28. The highest BCUT2D eigenvalue weighted by Gasteiger charge is 2.53. The zero-order chi connectivity index (χ0) is 23.6. The first kappa shape index (κ1) is 20.2. The van der Waals surface area contributed by atoms with Crippen LogP contribution in [0.1, 0.15) is 33.2 Å². The maximum atomic E-state index is 13.8. The highest BCUT2D eigenvalue weighted by molar-refractivity contribution is 6.23. The summed E-state index contributed by atoms with van der Waals surface area (Å²) in [5.74, 6) is -2.12. The Kier molecular flexibility index (Phi) is 4.32. The van der Waals surface area contributed by atoms with Gasteiger partial charge in [-0.2, -0.15) is 0 Å². The fourth-order valence-electron chi connectivity index (χ4n) is 5.14. The van der Waals surface area contributed by atoms with E-state index < -0.39 is 35.8 Å². The minimum Gasteiger partial charge on any atom is -0.478 e. The number of nitrogens with one attached hydrogen (secondary N) is 1. The van der Waals surface area contributed by atoms with Gasteiger partial charge in [0.05, 0.1) is 11.3 Å². The molecule has 0 saturated carbocycles. The Hall–Kier alpha value is -4.46. The number of hydrogen-bond acceptors (Lipinski definition) is 3. The first-order valence-corrected chi connectivity index (χ1v) is 10.8. The number of carbonyl (C=O) groups excluding carboxylic acids is 2. The van der Waals surface area contributed by atoms with Crippen LogP contribution >= 0.6 is 0 Å². The van der Waals surface area contributed by atoms with Crippen LogP contribution in [-0.4, -0.2) is 38.9 Å². The predicted molar refractivity (Wildman–Crippen MR) is 122 cm³/mol. The van der Waals surface area contributed by atoms with E-state index in [-0.39, 0.29) is 17.7 Å². The van der Waals surface area contributed by atoms with E-state index in [1.54, 1.807) is 24.3 Å². The summed E-state index contributed by atoms with van der Waals surface area (Å²) in [6.07, 6.45) is 0.285. The van der Waals surface area contributed by atoms with Gasteiger partial charge in [-0.25, -0.2) is 18.9 Å². The van der Waals surface area contributed by atoms with Crippen molar-refractivity contribution < 1.29 is 23.9 Å². The third kappa shape index (κ3) is 2.78. The number of fused-ring (bicyclic) bond motifs is 4. The number of carbonyl (C=O) groups is 3. The van der Waals surface area contributed by atoms with Crippen molar-refractivity contribution in [3.05, 3.63) is 101 Å². The number of aromatic amines is 1. The van der Waals surface area contributed by atoms with Gasteiger partial charge in [0.25, 0.3) is 5.91 Å². The Balaban J connectivity index is 1.55. The van der Waals surface area contributed by atoms with Gasteiger partial charge in [0.1, 0.15) is 17.9 Å². The Morgan fingerprint density at radius 3 is 2.44 bits per heavy atom. The largest absolute Gasteiger partial charge is 0.478 e. The first-order valence-electron chi connectivity index (χ1n) is 10.8. The molecule has 7 nitrogen and oxygen atoms in total. The summed E-state index contributed by atoms with van der Waals surface area (Å²) >= 11 is 0. The van der Waals surface area contributed by atoms with E-state index in [1.165, 1.54) is 29.2 Å². The summed E-state index contributed by atoms with van der Waals surface area (Å²) in [6.45, 7) is 0. The van der Waals surface area contributed by atoms with E-state index in [0.29, 0.717) is 5.56 Å². The molecule has 3 amide bonds. The molecule has 2 aliphatic rings. The molecule has 4 aromatic rings. The lowest BCUT2D eigenvalue weighted by Crippen LogP contribution is -2.44. The smallest absolute Gasteiger partial charge is 0.337 e. The summed E-state index contributed by atoms with van der Waals surface area (Å²) in [7, 11) is 0. The molecule has 2 aliphatic heterocycles. The van der Waals surface area contributed by atoms with Crippen LogP contribution in [0.3, 0.4) is 0 Å². The fraction of sp³-hybridized carbons (Fsp3) is 0.115. The average molecular weight is 455 g/mol. The van der Waals surface area contributed by atoms with E-state index in [4.69, 9.17) is 0 Å². The molecule has 2 atom stereocenters. The molecular formula is C26H18FN3O4. The average Bonchev–Trinajstić information content (AvgIpc) is 3.33. The van der Waals surface area contributed by atoms with Crippen molar-refractivity contribution in [1.82, 2.24) is 9.88 Å². The van der Waals surface area contributed by atoms with Crippen molar-refractivity contribution in [2.45, 2.75) is 18.5 Å². The normalized spacial score (nSPS) is 19.4. The van der Waals surface area contributed by atoms with Crippen molar-refractivity contribution in [3.63, 3.8) is 0 Å². The summed E-state index contributed by atoms with van der Waals surface area (Å²) in [5, 5.41) is 10.6. The van der Waals surface area contributed by atoms with Crippen LogP contribution in [0.4, 0.5) is 14.9 Å². The molecule has 0 unspecified atom stereocenters. The number of hydrogen-bond donors (Lipinski definition) is 2. The van der Waals surface area contributed by atoms with Gasteiger partial charge in [0.2, 0.25) is 0 Å². The quantitative estimate of drug-likeness (QED) is 0.445. The summed E-state index contributed by atoms with van der Waals surface area (Å²) in [4.78, 5) is 45.0.